The van der Waals surface area contributed by atoms with Crippen molar-refractivity contribution in [3.63, 3.8) is 0 Å². The SMILES string of the molecule is C[C@H]1SCCN(CC(=O)Nc2ccccc2OC(F)F)[C@H]1C. The van der Waals surface area contributed by atoms with E-state index in [1.807, 2.05) is 11.8 Å². The highest BCUT2D eigenvalue weighted by atomic mass is 32.2. The molecule has 0 saturated carbocycles. The number of rotatable bonds is 5. The van der Waals surface area contributed by atoms with E-state index in [9.17, 15) is 13.6 Å². The smallest absolute Gasteiger partial charge is 0.387 e. The minimum absolute atomic E-state index is 0.0264. The normalized spacial score (nSPS) is 22.6. The van der Waals surface area contributed by atoms with Crippen molar-refractivity contribution < 1.29 is 18.3 Å². The van der Waals surface area contributed by atoms with Crippen molar-refractivity contribution in [1.29, 1.82) is 0 Å². The van der Waals surface area contributed by atoms with Gasteiger partial charge in [-0.25, -0.2) is 0 Å². The van der Waals surface area contributed by atoms with Crippen LogP contribution in [0.1, 0.15) is 13.8 Å². The summed E-state index contributed by atoms with van der Waals surface area (Å²) in [4.78, 5) is 14.3. The van der Waals surface area contributed by atoms with Crippen molar-refractivity contribution in [2.45, 2.75) is 31.8 Å². The van der Waals surface area contributed by atoms with Gasteiger partial charge < -0.3 is 10.1 Å². The molecule has 1 aromatic rings. The summed E-state index contributed by atoms with van der Waals surface area (Å²) in [5.41, 5.74) is 0.264. The van der Waals surface area contributed by atoms with Crippen LogP contribution in [0.2, 0.25) is 0 Å². The number of ether oxygens (including phenoxy) is 1. The van der Waals surface area contributed by atoms with Crippen molar-refractivity contribution in [3.05, 3.63) is 24.3 Å². The molecular formula is C15H20F2N2O2S. The average Bonchev–Trinajstić information content (AvgIpc) is 2.45. The van der Waals surface area contributed by atoms with Gasteiger partial charge in [-0.2, -0.15) is 20.5 Å². The molecule has 122 valence electrons. The second-order valence-corrected chi connectivity index (χ2v) is 6.69. The Labute approximate surface area is 133 Å². The molecule has 1 aliphatic rings. The number of carbonyl (C=O) groups excluding carboxylic acids is 1. The summed E-state index contributed by atoms with van der Waals surface area (Å²) in [6, 6.07) is 6.50. The zero-order valence-corrected chi connectivity index (χ0v) is 13.4. The molecule has 0 aromatic heterocycles. The highest BCUT2D eigenvalue weighted by Gasteiger charge is 2.26. The molecule has 1 fully saturated rings. The number of amides is 1. The molecule has 0 bridgehead atoms. The number of carbonyl (C=O) groups is 1. The fraction of sp³-hybridized carbons (Fsp3) is 0.533. The number of anilines is 1. The van der Waals surface area contributed by atoms with E-state index in [0.29, 0.717) is 11.3 Å². The van der Waals surface area contributed by atoms with Gasteiger partial charge >= 0.3 is 6.61 Å². The minimum atomic E-state index is -2.92. The van der Waals surface area contributed by atoms with Gasteiger partial charge in [0.1, 0.15) is 5.75 Å². The van der Waals surface area contributed by atoms with Crippen molar-refractivity contribution in [2.24, 2.45) is 0 Å². The van der Waals surface area contributed by atoms with Crippen LogP contribution in [0.5, 0.6) is 5.75 Å². The van der Waals surface area contributed by atoms with Gasteiger partial charge in [-0.05, 0) is 19.1 Å². The first-order valence-electron chi connectivity index (χ1n) is 7.16. The van der Waals surface area contributed by atoms with E-state index in [0.717, 1.165) is 12.3 Å². The van der Waals surface area contributed by atoms with Crippen LogP contribution in [0.3, 0.4) is 0 Å². The van der Waals surface area contributed by atoms with Crippen LogP contribution in [0.25, 0.3) is 0 Å². The van der Waals surface area contributed by atoms with Crippen LogP contribution < -0.4 is 10.1 Å². The number of hydrogen-bond donors (Lipinski definition) is 1. The summed E-state index contributed by atoms with van der Waals surface area (Å²) in [6.07, 6.45) is 0. The molecule has 4 nitrogen and oxygen atoms in total. The number of nitrogens with zero attached hydrogens (tertiary/aromatic N) is 1. The molecule has 1 N–H and O–H groups in total. The number of halogens is 2. The average molecular weight is 330 g/mol. The third-order valence-corrected chi connectivity index (χ3v) is 5.08. The second kappa shape index (κ2) is 7.78. The standard InChI is InChI=1S/C15H20F2N2O2S/c1-10-11(2)22-8-7-19(10)9-14(20)18-12-5-3-4-6-13(12)21-15(16)17/h3-6,10-11,15H,7-9H2,1-2H3,(H,18,20)/t10-,11+/m0/s1. The summed E-state index contributed by atoms with van der Waals surface area (Å²) >= 11 is 1.89. The Morgan fingerprint density at radius 3 is 2.91 bits per heavy atom. The molecule has 2 rings (SSSR count). The van der Waals surface area contributed by atoms with Crippen LogP contribution in [0, 0.1) is 0 Å². The lowest BCUT2D eigenvalue weighted by atomic mass is 10.2. The molecule has 1 aliphatic heterocycles. The first-order valence-corrected chi connectivity index (χ1v) is 8.21. The van der Waals surface area contributed by atoms with E-state index in [1.165, 1.54) is 6.07 Å². The Balaban J connectivity index is 1.97. The maximum Gasteiger partial charge on any atom is 0.387 e. The molecule has 22 heavy (non-hydrogen) atoms. The van der Waals surface area contributed by atoms with E-state index in [-0.39, 0.29) is 23.9 Å². The molecule has 2 atom stereocenters. The van der Waals surface area contributed by atoms with Gasteiger partial charge in [0.05, 0.1) is 12.2 Å². The summed E-state index contributed by atoms with van der Waals surface area (Å²) in [5, 5.41) is 3.12. The van der Waals surface area contributed by atoms with Gasteiger partial charge in [-0.1, -0.05) is 19.1 Å². The topological polar surface area (TPSA) is 41.6 Å². The maximum atomic E-state index is 12.4. The highest BCUT2D eigenvalue weighted by molar-refractivity contribution is 8.00. The number of nitrogens with one attached hydrogen (secondary N) is 1. The predicted octanol–water partition coefficient (Wildman–Crippen LogP) is 3.05. The summed E-state index contributed by atoms with van der Waals surface area (Å²) in [7, 11) is 0. The van der Waals surface area contributed by atoms with E-state index in [1.54, 1.807) is 18.2 Å². The molecule has 1 saturated heterocycles. The van der Waals surface area contributed by atoms with Crippen molar-refractivity contribution in [1.82, 2.24) is 4.90 Å². The Hall–Kier alpha value is -1.34. The molecule has 0 spiro atoms. The summed E-state index contributed by atoms with van der Waals surface area (Å²) < 4.78 is 29.1. The minimum Gasteiger partial charge on any atom is -0.433 e. The highest BCUT2D eigenvalue weighted by Crippen LogP contribution is 2.26. The Morgan fingerprint density at radius 1 is 1.45 bits per heavy atom. The number of alkyl halides is 2. The predicted molar refractivity (Wildman–Crippen MR) is 84.7 cm³/mol. The van der Waals surface area contributed by atoms with Gasteiger partial charge in [-0.15, -0.1) is 0 Å². The van der Waals surface area contributed by atoms with Gasteiger partial charge in [0.2, 0.25) is 5.91 Å². The van der Waals surface area contributed by atoms with Crippen molar-refractivity contribution in [3.8, 4) is 5.75 Å². The van der Waals surface area contributed by atoms with E-state index >= 15 is 0 Å². The zero-order valence-electron chi connectivity index (χ0n) is 12.6. The second-order valence-electron chi connectivity index (χ2n) is 5.21. The lowest BCUT2D eigenvalue weighted by Gasteiger charge is -2.36. The maximum absolute atomic E-state index is 12.4. The van der Waals surface area contributed by atoms with Crippen LogP contribution in [-0.4, -0.2) is 47.6 Å². The van der Waals surface area contributed by atoms with Gasteiger partial charge in [0.15, 0.2) is 0 Å². The Morgan fingerprint density at radius 2 is 2.18 bits per heavy atom. The third kappa shape index (κ3) is 4.58. The molecular weight excluding hydrogens is 310 g/mol. The number of benzene rings is 1. The van der Waals surface area contributed by atoms with Crippen LogP contribution >= 0.6 is 11.8 Å². The number of hydrogen-bond acceptors (Lipinski definition) is 4. The molecule has 7 heteroatoms. The first kappa shape index (κ1) is 17.0. The Bertz CT molecular complexity index is 516. The summed E-state index contributed by atoms with van der Waals surface area (Å²) in [5.74, 6) is 0.738. The molecule has 1 amide bonds. The van der Waals surface area contributed by atoms with Crippen molar-refractivity contribution in [2.75, 3.05) is 24.2 Å². The number of thioether (sulfide) groups is 1. The summed E-state index contributed by atoms with van der Waals surface area (Å²) in [6.45, 7) is 2.41. The van der Waals surface area contributed by atoms with Crippen LogP contribution in [-0.2, 0) is 4.79 Å². The quantitative estimate of drug-likeness (QED) is 0.901. The zero-order chi connectivity index (χ0) is 16.1. The Kier molecular flexibility index (Phi) is 6.02. The number of para-hydroxylation sites is 2. The molecule has 1 aromatic carbocycles. The largest absolute Gasteiger partial charge is 0.433 e. The lowest BCUT2D eigenvalue weighted by Crippen LogP contribution is -2.47. The van der Waals surface area contributed by atoms with E-state index < -0.39 is 6.61 Å². The third-order valence-electron chi connectivity index (χ3n) is 3.74. The van der Waals surface area contributed by atoms with Crippen LogP contribution in [0.15, 0.2) is 24.3 Å². The van der Waals surface area contributed by atoms with Gasteiger partial charge in [0.25, 0.3) is 0 Å². The van der Waals surface area contributed by atoms with Gasteiger partial charge in [-0.3, -0.25) is 9.69 Å². The van der Waals surface area contributed by atoms with Gasteiger partial charge in [0, 0.05) is 23.6 Å². The fourth-order valence-electron chi connectivity index (χ4n) is 2.36. The van der Waals surface area contributed by atoms with E-state index in [4.69, 9.17) is 0 Å². The molecule has 1 heterocycles. The van der Waals surface area contributed by atoms with E-state index in [2.05, 4.69) is 28.8 Å². The monoisotopic (exact) mass is 330 g/mol. The van der Waals surface area contributed by atoms with Crippen LogP contribution in [0.4, 0.5) is 14.5 Å². The molecule has 0 unspecified atom stereocenters. The van der Waals surface area contributed by atoms with Crippen molar-refractivity contribution >= 4 is 23.4 Å². The fourth-order valence-corrected chi connectivity index (χ4v) is 3.52. The first-order chi connectivity index (χ1) is 10.5. The molecule has 0 radical (unpaired) electrons. The lowest BCUT2D eigenvalue weighted by molar-refractivity contribution is -0.117. The molecule has 0 aliphatic carbocycles.